The summed E-state index contributed by atoms with van der Waals surface area (Å²) in [5.41, 5.74) is 14.0. The Morgan fingerprint density at radius 2 is 0.742 bits per heavy atom. The lowest BCUT2D eigenvalue weighted by Gasteiger charge is -2.18. The van der Waals surface area contributed by atoms with E-state index >= 15 is 0 Å². The molecule has 0 N–H and O–H groups in total. The number of benzene rings is 11. The van der Waals surface area contributed by atoms with Crippen molar-refractivity contribution in [1.29, 1.82) is 0 Å². The summed E-state index contributed by atoms with van der Waals surface area (Å²) in [6.45, 7) is 0. The van der Waals surface area contributed by atoms with Gasteiger partial charge in [-0.25, -0.2) is 0 Å². The highest BCUT2D eigenvalue weighted by Crippen LogP contribution is 2.47. The maximum atomic E-state index is 2.55. The highest BCUT2D eigenvalue weighted by molar-refractivity contribution is 6.27. The van der Waals surface area contributed by atoms with Crippen molar-refractivity contribution >= 4 is 92.0 Å². The van der Waals surface area contributed by atoms with Gasteiger partial charge in [0.25, 0.3) is 0 Å². The van der Waals surface area contributed by atoms with Gasteiger partial charge >= 0.3 is 0 Å². The minimum absolute atomic E-state index is 0.968. The molecule has 1 heteroatoms. The van der Waals surface area contributed by atoms with Crippen molar-refractivity contribution in [1.82, 2.24) is 4.40 Å². The van der Waals surface area contributed by atoms with E-state index in [1.165, 1.54) is 136 Å². The first-order valence-corrected chi connectivity index (χ1v) is 21.7. The molecule has 13 aromatic rings. The first-order valence-electron chi connectivity index (χ1n) is 21.7. The smallest absolute Gasteiger partial charge is 0.0619 e. The molecule has 1 nitrogen and oxygen atoms in total. The van der Waals surface area contributed by atoms with Crippen LogP contribution in [0.25, 0.3) is 125 Å². The number of para-hydroxylation sites is 2. The van der Waals surface area contributed by atoms with Crippen molar-refractivity contribution < 1.29 is 0 Å². The number of aromatic nitrogens is 1. The number of hydrogen-bond donors (Lipinski definition) is 0. The van der Waals surface area contributed by atoms with Gasteiger partial charge in [-0.1, -0.05) is 182 Å². The lowest BCUT2D eigenvalue weighted by Crippen LogP contribution is -1.91. The summed E-state index contributed by atoms with van der Waals surface area (Å²) < 4.78 is 2.55. The van der Waals surface area contributed by atoms with Gasteiger partial charge in [-0.15, -0.1) is 0 Å². The zero-order chi connectivity index (χ0) is 40.5. The summed E-state index contributed by atoms with van der Waals surface area (Å²) >= 11 is 0. The van der Waals surface area contributed by atoms with E-state index < -0.39 is 0 Å². The van der Waals surface area contributed by atoms with E-state index in [2.05, 4.69) is 217 Å². The Morgan fingerprint density at radius 1 is 0.274 bits per heavy atom. The van der Waals surface area contributed by atoms with Gasteiger partial charge in [-0.2, -0.15) is 0 Å². The van der Waals surface area contributed by atoms with Crippen LogP contribution in [-0.4, -0.2) is 4.40 Å². The molecule has 0 saturated heterocycles. The Labute approximate surface area is 358 Å². The molecule has 2 aromatic heterocycles. The van der Waals surface area contributed by atoms with E-state index in [1.54, 1.807) is 0 Å². The van der Waals surface area contributed by atoms with Crippen LogP contribution in [0.15, 0.2) is 212 Å². The highest BCUT2D eigenvalue weighted by atomic mass is 14.9. The molecule has 11 aromatic carbocycles. The maximum Gasteiger partial charge on any atom is 0.0619 e. The van der Waals surface area contributed by atoms with Crippen LogP contribution < -0.4 is 0 Å². The molecule has 0 aliphatic heterocycles. The lowest BCUT2D eigenvalue weighted by atomic mass is 9.85. The molecule has 0 atom stereocenters. The van der Waals surface area contributed by atoms with Gasteiger partial charge in [0, 0.05) is 21.5 Å². The molecule has 286 valence electrons. The van der Waals surface area contributed by atoms with E-state index in [4.69, 9.17) is 0 Å². The van der Waals surface area contributed by atoms with E-state index in [0.717, 1.165) is 6.42 Å². The third-order valence-electron chi connectivity index (χ3n) is 13.9. The van der Waals surface area contributed by atoms with E-state index in [-0.39, 0.29) is 0 Å². The van der Waals surface area contributed by atoms with Gasteiger partial charge in [-0.05, 0) is 135 Å². The maximum absolute atomic E-state index is 2.55. The van der Waals surface area contributed by atoms with Crippen molar-refractivity contribution in [2.75, 3.05) is 0 Å². The largest absolute Gasteiger partial charge is 0.308 e. The SMILES string of the molecule is c1cc(-c2ccc3c(c2)c2cccc4c5cccc6c5c5c(cccc5c5ccccc5n3c42)C6)cc(-c2c3ccccc3c(-c3ccc4ccccc4c3)c3ccccc23)c1. The summed E-state index contributed by atoms with van der Waals surface area (Å²) in [7, 11) is 0. The minimum atomic E-state index is 0.968. The summed E-state index contributed by atoms with van der Waals surface area (Å²) in [4.78, 5) is 0. The summed E-state index contributed by atoms with van der Waals surface area (Å²) in [5.74, 6) is 0. The number of fused-ring (bicyclic) bond motifs is 10. The Balaban J connectivity index is 1.02. The Bertz CT molecular complexity index is 4070. The summed E-state index contributed by atoms with van der Waals surface area (Å²) in [5, 5.41) is 18.1. The molecule has 62 heavy (non-hydrogen) atoms. The predicted octanol–water partition coefficient (Wildman–Crippen LogP) is 16.6. The second-order valence-corrected chi connectivity index (χ2v) is 17.1. The van der Waals surface area contributed by atoms with E-state index in [1.807, 2.05) is 0 Å². The van der Waals surface area contributed by atoms with Crippen molar-refractivity contribution in [3.8, 4) is 33.4 Å². The van der Waals surface area contributed by atoms with Crippen LogP contribution in [0.1, 0.15) is 11.1 Å². The quantitative estimate of drug-likeness (QED) is 0.157. The van der Waals surface area contributed by atoms with Crippen molar-refractivity contribution in [2.24, 2.45) is 0 Å². The van der Waals surface area contributed by atoms with Crippen LogP contribution in [0.2, 0.25) is 0 Å². The fourth-order valence-corrected chi connectivity index (χ4v) is 11.3. The molecule has 0 saturated carbocycles. The van der Waals surface area contributed by atoms with Crippen LogP contribution >= 0.6 is 0 Å². The molecule has 1 aliphatic rings. The minimum Gasteiger partial charge on any atom is -0.308 e. The predicted molar refractivity (Wildman–Crippen MR) is 265 cm³/mol. The summed E-state index contributed by atoms with van der Waals surface area (Å²) in [6.07, 6.45) is 0.968. The molecular weight excluding hydrogens is 747 g/mol. The Kier molecular flexibility index (Phi) is 6.95. The Hall–Kier alpha value is -8.00. The molecular formula is C61H37N. The van der Waals surface area contributed by atoms with Crippen LogP contribution in [0, 0.1) is 0 Å². The molecule has 0 unspecified atom stereocenters. The second-order valence-electron chi connectivity index (χ2n) is 17.1. The molecule has 0 spiro atoms. The zero-order valence-electron chi connectivity index (χ0n) is 33.9. The number of rotatable bonds is 3. The average Bonchev–Trinajstić information content (AvgIpc) is 3.90. The molecule has 0 bridgehead atoms. The summed E-state index contributed by atoms with van der Waals surface area (Å²) in [6, 6.07) is 79.6. The third kappa shape index (κ3) is 4.68. The molecule has 0 fully saturated rings. The molecule has 1 aliphatic carbocycles. The van der Waals surface area contributed by atoms with Gasteiger partial charge in [0.1, 0.15) is 0 Å². The lowest BCUT2D eigenvalue weighted by molar-refractivity contribution is 1.27. The highest BCUT2D eigenvalue weighted by Gasteiger charge is 2.22. The van der Waals surface area contributed by atoms with E-state index in [0.29, 0.717) is 0 Å². The third-order valence-corrected chi connectivity index (χ3v) is 13.9. The van der Waals surface area contributed by atoms with Gasteiger partial charge in [0.15, 0.2) is 0 Å². The zero-order valence-corrected chi connectivity index (χ0v) is 33.9. The normalized spacial score (nSPS) is 12.5. The Morgan fingerprint density at radius 3 is 1.45 bits per heavy atom. The fraction of sp³-hybridized carbons (Fsp3) is 0.0164. The monoisotopic (exact) mass is 783 g/mol. The topological polar surface area (TPSA) is 4.41 Å². The standard InChI is InChI=1S/C61H37N/c1-2-14-38-33-44(30-29-37(38)13-1)58-49-22-5-3-20-47(49)57(48-21-4-6-23-50(48)58)41-16-9-15-39(34-41)40-31-32-56-54(36-40)53-27-12-26-52-51-25-11-18-43-35-42-17-10-24-46(59(42)60(43)51)45-19-7-8-28-55(45)62(56)61(52)53/h1-34,36H,35H2. The molecule has 14 rings (SSSR count). The molecule has 0 amide bonds. The van der Waals surface area contributed by atoms with Crippen molar-refractivity contribution in [3.05, 3.63) is 223 Å². The average molecular weight is 784 g/mol. The van der Waals surface area contributed by atoms with Crippen LogP contribution in [0.3, 0.4) is 0 Å². The second kappa shape index (κ2) is 12.8. The molecule has 2 heterocycles. The van der Waals surface area contributed by atoms with Gasteiger partial charge in [0.05, 0.1) is 16.6 Å². The van der Waals surface area contributed by atoms with Gasteiger partial charge in [0.2, 0.25) is 0 Å². The number of nitrogens with zero attached hydrogens (tertiary/aromatic N) is 1. The van der Waals surface area contributed by atoms with E-state index in [9.17, 15) is 0 Å². The van der Waals surface area contributed by atoms with Crippen LogP contribution in [0.5, 0.6) is 0 Å². The van der Waals surface area contributed by atoms with Gasteiger partial charge < -0.3 is 4.40 Å². The fourth-order valence-electron chi connectivity index (χ4n) is 11.3. The molecule has 0 radical (unpaired) electrons. The first-order chi connectivity index (χ1) is 30.8. The van der Waals surface area contributed by atoms with Crippen molar-refractivity contribution in [2.45, 2.75) is 6.42 Å². The van der Waals surface area contributed by atoms with Gasteiger partial charge in [-0.3, -0.25) is 0 Å². The van der Waals surface area contributed by atoms with Crippen LogP contribution in [0.4, 0.5) is 0 Å². The van der Waals surface area contributed by atoms with Crippen LogP contribution in [-0.2, 0) is 6.42 Å². The first kappa shape index (κ1) is 33.8. The number of hydrogen-bond acceptors (Lipinski definition) is 0. The van der Waals surface area contributed by atoms with Crippen molar-refractivity contribution in [3.63, 3.8) is 0 Å².